The minimum absolute atomic E-state index is 0.258. The summed E-state index contributed by atoms with van der Waals surface area (Å²) in [5, 5.41) is 0.817. The van der Waals surface area contributed by atoms with E-state index in [-0.39, 0.29) is 5.69 Å². The van der Waals surface area contributed by atoms with Gasteiger partial charge in [0, 0.05) is 10.9 Å². The molecule has 0 bridgehead atoms. The molecule has 2 rings (SSSR count). The zero-order valence-corrected chi connectivity index (χ0v) is 8.64. The molecular formula is C12H9NO3. The van der Waals surface area contributed by atoms with Crippen molar-refractivity contribution in [1.29, 1.82) is 0 Å². The average Bonchev–Trinajstić information content (AvgIpc) is 2.36. The number of carbonyl (C=O) groups is 2. The third-order valence-electron chi connectivity index (χ3n) is 2.24. The van der Waals surface area contributed by atoms with E-state index in [9.17, 15) is 9.59 Å². The van der Waals surface area contributed by atoms with Crippen molar-refractivity contribution >= 4 is 23.2 Å². The van der Waals surface area contributed by atoms with Crippen molar-refractivity contribution < 1.29 is 14.3 Å². The molecule has 2 aromatic rings. The van der Waals surface area contributed by atoms with E-state index in [0.29, 0.717) is 11.1 Å². The Bertz CT molecular complexity index is 563. The van der Waals surface area contributed by atoms with E-state index in [1.165, 1.54) is 7.11 Å². The van der Waals surface area contributed by atoms with Crippen LogP contribution in [0.3, 0.4) is 0 Å². The molecule has 1 heterocycles. The van der Waals surface area contributed by atoms with Crippen LogP contribution in [0.4, 0.5) is 0 Å². The number of nitrogens with zero attached hydrogens (tertiary/aromatic N) is 1. The molecule has 0 unspecified atom stereocenters. The average molecular weight is 215 g/mol. The Morgan fingerprint density at radius 3 is 2.81 bits per heavy atom. The molecule has 4 heteroatoms. The van der Waals surface area contributed by atoms with Crippen LogP contribution in [0.1, 0.15) is 20.8 Å². The maximum atomic E-state index is 11.2. The Kier molecular flexibility index (Phi) is 2.64. The second-order valence-electron chi connectivity index (χ2n) is 3.26. The van der Waals surface area contributed by atoms with Crippen LogP contribution in [-0.2, 0) is 4.74 Å². The van der Waals surface area contributed by atoms with E-state index in [1.54, 1.807) is 30.3 Å². The van der Waals surface area contributed by atoms with Gasteiger partial charge in [-0.2, -0.15) is 0 Å². The van der Waals surface area contributed by atoms with Crippen LogP contribution in [0.2, 0.25) is 0 Å². The number of hydrogen-bond acceptors (Lipinski definition) is 4. The normalized spacial score (nSPS) is 10.1. The number of pyridine rings is 1. The molecule has 0 fully saturated rings. The highest BCUT2D eigenvalue weighted by Crippen LogP contribution is 2.14. The molecule has 0 N–H and O–H groups in total. The van der Waals surface area contributed by atoms with Crippen molar-refractivity contribution in [2.24, 2.45) is 0 Å². The molecule has 1 aromatic heterocycles. The number of aromatic nitrogens is 1. The van der Waals surface area contributed by atoms with E-state index >= 15 is 0 Å². The van der Waals surface area contributed by atoms with E-state index in [0.717, 1.165) is 11.7 Å². The maximum absolute atomic E-state index is 11.2. The maximum Gasteiger partial charge on any atom is 0.356 e. The van der Waals surface area contributed by atoms with Crippen LogP contribution in [0.5, 0.6) is 0 Å². The molecule has 0 atom stereocenters. The zero-order chi connectivity index (χ0) is 11.5. The fourth-order valence-corrected chi connectivity index (χ4v) is 1.44. The van der Waals surface area contributed by atoms with E-state index in [4.69, 9.17) is 0 Å². The molecule has 16 heavy (non-hydrogen) atoms. The minimum Gasteiger partial charge on any atom is -0.464 e. The summed E-state index contributed by atoms with van der Waals surface area (Å²) in [4.78, 5) is 25.9. The largest absolute Gasteiger partial charge is 0.464 e. The van der Waals surface area contributed by atoms with Crippen LogP contribution in [-0.4, -0.2) is 24.3 Å². The lowest BCUT2D eigenvalue weighted by Crippen LogP contribution is -2.03. The van der Waals surface area contributed by atoms with Gasteiger partial charge in [-0.25, -0.2) is 9.78 Å². The smallest absolute Gasteiger partial charge is 0.356 e. The van der Waals surface area contributed by atoms with Gasteiger partial charge >= 0.3 is 5.97 Å². The minimum atomic E-state index is -0.471. The van der Waals surface area contributed by atoms with Crippen molar-refractivity contribution in [3.05, 3.63) is 41.6 Å². The first-order valence-electron chi connectivity index (χ1n) is 4.69. The number of carbonyl (C=O) groups excluding carboxylic acids is 2. The highest BCUT2D eigenvalue weighted by molar-refractivity contribution is 5.92. The molecule has 0 aliphatic rings. The molecule has 0 aliphatic heterocycles. The molecule has 80 valence electrons. The Morgan fingerprint density at radius 2 is 2.12 bits per heavy atom. The molecule has 0 aliphatic carbocycles. The summed E-state index contributed by atoms with van der Waals surface area (Å²) in [7, 11) is 1.31. The van der Waals surface area contributed by atoms with Gasteiger partial charge < -0.3 is 4.74 Å². The van der Waals surface area contributed by atoms with Gasteiger partial charge in [0.25, 0.3) is 0 Å². The summed E-state index contributed by atoms with van der Waals surface area (Å²) in [5.74, 6) is -0.471. The predicted molar refractivity (Wildman–Crippen MR) is 58.5 cm³/mol. The van der Waals surface area contributed by atoms with Gasteiger partial charge in [-0.05, 0) is 24.3 Å². The monoisotopic (exact) mass is 215 g/mol. The number of ether oxygens (including phenoxy) is 1. The van der Waals surface area contributed by atoms with Crippen LogP contribution in [0, 0.1) is 0 Å². The molecular weight excluding hydrogens is 206 g/mol. The summed E-state index contributed by atoms with van der Waals surface area (Å²) in [6.07, 6.45) is 0.771. The number of rotatable bonds is 2. The first-order chi connectivity index (χ1) is 7.74. The highest BCUT2D eigenvalue weighted by Gasteiger charge is 2.07. The lowest BCUT2D eigenvalue weighted by Gasteiger charge is -2.01. The molecule has 0 spiro atoms. The number of aldehydes is 1. The lowest BCUT2D eigenvalue weighted by molar-refractivity contribution is 0.0594. The summed E-state index contributed by atoms with van der Waals surface area (Å²) in [5.41, 5.74) is 1.50. The Hall–Kier alpha value is -2.23. The summed E-state index contributed by atoms with van der Waals surface area (Å²) in [6, 6.07) is 8.38. The number of esters is 1. The van der Waals surface area contributed by atoms with Gasteiger partial charge in [-0.15, -0.1) is 0 Å². The third kappa shape index (κ3) is 1.77. The quantitative estimate of drug-likeness (QED) is 0.566. The predicted octanol–water partition coefficient (Wildman–Crippen LogP) is 1.83. The van der Waals surface area contributed by atoms with Crippen LogP contribution in [0.25, 0.3) is 10.9 Å². The number of hydrogen-bond donors (Lipinski definition) is 0. The number of benzene rings is 1. The third-order valence-corrected chi connectivity index (χ3v) is 2.24. The molecule has 0 saturated carbocycles. The van der Waals surface area contributed by atoms with Crippen LogP contribution in [0.15, 0.2) is 30.3 Å². The van der Waals surface area contributed by atoms with Crippen molar-refractivity contribution in [2.75, 3.05) is 7.11 Å². The second-order valence-corrected chi connectivity index (χ2v) is 3.26. The van der Waals surface area contributed by atoms with E-state index < -0.39 is 5.97 Å². The number of fused-ring (bicyclic) bond motifs is 1. The fraction of sp³-hybridized carbons (Fsp3) is 0.0833. The van der Waals surface area contributed by atoms with Crippen molar-refractivity contribution in [3.8, 4) is 0 Å². The van der Waals surface area contributed by atoms with Gasteiger partial charge in [-0.3, -0.25) is 4.79 Å². The molecule has 4 nitrogen and oxygen atoms in total. The highest BCUT2D eigenvalue weighted by atomic mass is 16.5. The number of methoxy groups -OCH3 is 1. The standard InChI is InChI=1S/C12H9NO3/c1-16-12(15)11-5-3-9-6-8(7-14)2-4-10(9)13-11/h2-7H,1H3. The first-order valence-corrected chi connectivity index (χ1v) is 4.69. The fourth-order valence-electron chi connectivity index (χ4n) is 1.44. The van der Waals surface area contributed by atoms with Crippen molar-refractivity contribution in [1.82, 2.24) is 4.98 Å². The lowest BCUT2D eigenvalue weighted by atomic mass is 10.1. The zero-order valence-electron chi connectivity index (χ0n) is 8.64. The van der Waals surface area contributed by atoms with Gasteiger partial charge in [-0.1, -0.05) is 6.07 Å². The molecule has 0 radical (unpaired) electrons. The summed E-state index contributed by atoms with van der Waals surface area (Å²) < 4.78 is 4.57. The van der Waals surface area contributed by atoms with Gasteiger partial charge in [0.05, 0.1) is 12.6 Å². The summed E-state index contributed by atoms with van der Waals surface area (Å²) >= 11 is 0. The van der Waals surface area contributed by atoms with E-state index in [1.807, 2.05) is 0 Å². The van der Waals surface area contributed by atoms with Crippen LogP contribution < -0.4 is 0 Å². The Morgan fingerprint density at radius 1 is 1.31 bits per heavy atom. The van der Waals surface area contributed by atoms with E-state index in [2.05, 4.69) is 9.72 Å². The SMILES string of the molecule is COC(=O)c1ccc2cc(C=O)ccc2n1. The van der Waals surface area contributed by atoms with Crippen molar-refractivity contribution in [3.63, 3.8) is 0 Å². The molecule has 0 saturated heterocycles. The second kappa shape index (κ2) is 4.10. The van der Waals surface area contributed by atoms with Crippen molar-refractivity contribution in [2.45, 2.75) is 0 Å². The van der Waals surface area contributed by atoms with Crippen LogP contribution >= 0.6 is 0 Å². The topological polar surface area (TPSA) is 56.3 Å². The Labute approximate surface area is 91.9 Å². The van der Waals surface area contributed by atoms with Gasteiger partial charge in [0.1, 0.15) is 12.0 Å². The van der Waals surface area contributed by atoms with Gasteiger partial charge in [0.15, 0.2) is 0 Å². The van der Waals surface area contributed by atoms with Gasteiger partial charge in [0.2, 0.25) is 0 Å². The summed E-state index contributed by atoms with van der Waals surface area (Å²) in [6.45, 7) is 0. The Balaban J connectivity index is 2.55. The molecule has 1 aromatic carbocycles. The first kappa shape index (κ1) is 10.3. The molecule has 0 amide bonds.